The van der Waals surface area contributed by atoms with Gasteiger partial charge >= 0.3 is 0 Å². The number of amides is 1. The average Bonchev–Trinajstić information content (AvgIpc) is 3.12. The highest BCUT2D eigenvalue weighted by molar-refractivity contribution is 6.99. The van der Waals surface area contributed by atoms with Gasteiger partial charge in [-0.2, -0.15) is 8.75 Å². The number of aromatic nitrogens is 2. The van der Waals surface area contributed by atoms with Crippen molar-refractivity contribution < 1.29 is 9.53 Å². The van der Waals surface area contributed by atoms with Crippen LogP contribution >= 0.6 is 23.3 Å². The van der Waals surface area contributed by atoms with Crippen LogP contribution in [0, 0.1) is 6.92 Å². The number of rotatable bonds is 8. The summed E-state index contributed by atoms with van der Waals surface area (Å²) in [5.74, 6) is 0.580. The molecule has 0 saturated heterocycles. The standard InChI is InChI=1S/C21H20ClN3O2S/c1-3-12-25(13-17-6-4-5-7-19(17)22)21(26)16-8-10-18(11-9-16)27-14-20-15(2)23-28-24-20/h3-11H,1,12-14H2,2H3. The van der Waals surface area contributed by atoms with E-state index in [1.165, 1.54) is 11.7 Å². The van der Waals surface area contributed by atoms with Gasteiger partial charge in [0.25, 0.3) is 5.91 Å². The fourth-order valence-corrected chi connectivity index (χ4v) is 3.36. The summed E-state index contributed by atoms with van der Waals surface area (Å²) in [4.78, 5) is 14.6. The first-order valence-electron chi connectivity index (χ1n) is 8.73. The number of benzene rings is 2. The second-order valence-electron chi connectivity index (χ2n) is 6.18. The van der Waals surface area contributed by atoms with E-state index in [0.717, 1.165) is 17.0 Å². The predicted molar refractivity (Wildman–Crippen MR) is 112 cm³/mol. The van der Waals surface area contributed by atoms with Crippen LogP contribution in [0.25, 0.3) is 0 Å². The molecule has 0 N–H and O–H groups in total. The molecular formula is C21H20ClN3O2S. The molecule has 0 bridgehead atoms. The third kappa shape index (κ3) is 4.97. The van der Waals surface area contributed by atoms with Gasteiger partial charge in [-0.05, 0) is 42.8 Å². The van der Waals surface area contributed by atoms with E-state index < -0.39 is 0 Å². The molecule has 0 spiro atoms. The summed E-state index contributed by atoms with van der Waals surface area (Å²) in [5, 5.41) is 0.639. The Kier molecular flexibility index (Phi) is 6.79. The molecule has 0 unspecified atom stereocenters. The van der Waals surface area contributed by atoms with Crippen molar-refractivity contribution in [3.8, 4) is 5.75 Å². The molecule has 7 heteroatoms. The summed E-state index contributed by atoms with van der Waals surface area (Å²) in [6.45, 7) is 6.85. The summed E-state index contributed by atoms with van der Waals surface area (Å²) >= 11 is 7.41. The Labute approximate surface area is 173 Å². The topological polar surface area (TPSA) is 55.3 Å². The van der Waals surface area contributed by atoms with Crippen molar-refractivity contribution in [2.24, 2.45) is 0 Å². The van der Waals surface area contributed by atoms with Crippen molar-refractivity contribution in [3.63, 3.8) is 0 Å². The van der Waals surface area contributed by atoms with Crippen LogP contribution in [0.3, 0.4) is 0 Å². The van der Waals surface area contributed by atoms with Crippen molar-refractivity contribution in [3.05, 3.63) is 88.7 Å². The lowest BCUT2D eigenvalue weighted by atomic mass is 10.1. The molecule has 0 saturated carbocycles. The molecule has 1 aromatic heterocycles. The van der Waals surface area contributed by atoms with Crippen molar-refractivity contribution in [2.75, 3.05) is 6.54 Å². The van der Waals surface area contributed by atoms with Crippen LogP contribution in [0.2, 0.25) is 5.02 Å². The first kappa shape index (κ1) is 20.0. The summed E-state index contributed by atoms with van der Waals surface area (Å²) in [7, 11) is 0. The minimum Gasteiger partial charge on any atom is -0.487 e. The molecule has 5 nitrogen and oxygen atoms in total. The van der Waals surface area contributed by atoms with Gasteiger partial charge in [0, 0.05) is 23.7 Å². The molecular weight excluding hydrogens is 394 g/mol. The van der Waals surface area contributed by atoms with Crippen molar-refractivity contribution >= 4 is 29.2 Å². The number of aryl methyl sites for hydroxylation is 1. The van der Waals surface area contributed by atoms with Crippen molar-refractivity contribution in [2.45, 2.75) is 20.1 Å². The van der Waals surface area contributed by atoms with Gasteiger partial charge in [-0.15, -0.1) is 6.58 Å². The quantitative estimate of drug-likeness (QED) is 0.492. The lowest BCUT2D eigenvalue weighted by Crippen LogP contribution is -2.30. The molecule has 3 aromatic rings. The minimum absolute atomic E-state index is 0.0917. The van der Waals surface area contributed by atoms with Gasteiger partial charge in [-0.3, -0.25) is 4.79 Å². The lowest BCUT2D eigenvalue weighted by molar-refractivity contribution is 0.0762. The molecule has 2 aromatic carbocycles. The maximum absolute atomic E-state index is 12.9. The molecule has 0 radical (unpaired) electrons. The fraction of sp³-hybridized carbons (Fsp3) is 0.190. The number of carbonyl (C=O) groups is 1. The molecule has 0 fully saturated rings. The van der Waals surface area contributed by atoms with Crippen LogP contribution < -0.4 is 4.74 Å². The second-order valence-corrected chi connectivity index (χ2v) is 7.11. The fourth-order valence-electron chi connectivity index (χ4n) is 2.62. The smallest absolute Gasteiger partial charge is 0.254 e. The number of nitrogens with zero attached hydrogens (tertiary/aromatic N) is 3. The number of hydrogen-bond acceptors (Lipinski definition) is 5. The molecule has 0 aliphatic rings. The monoisotopic (exact) mass is 413 g/mol. The zero-order valence-electron chi connectivity index (χ0n) is 15.5. The SMILES string of the molecule is C=CCN(Cc1ccccc1Cl)C(=O)c1ccc(OCc2nsnc2C)cc1. The van der Waals surface area contributed by atoms with E-state index in [9.17, 15) is 4.79 Å². The highest BCUT2D eigenvalue weighted by atomic mass is 35.5. The first-order chi connectivity index (χ1) is 13.6. The summed E-state index contributed by atoms with van der Waals surface area (Å²) in [6.07, 6.45) is 1.70. The van der Waals surface area contributed by atoms with Crippen molar-refractivity contribution in [1.82, 2.24) is 13.6 Å². The molecule has 1 amide bonds. The zero-order valence-corrected chi connectivity index (χ0v) is 17.0. The Morgan fingerprint density at radius 1 is 1.21 bits per heavy atom. The Hall–Kier alpha value is -2.70. The summed E-state index contributed by atoms with van der Waals surface area (Å²) in [5.41, 5.74) is 3.16. The molecule has 28 heavy (non-hydrogen) atoms. The third-order valence-corrected chi connectivity index (χ3v) is 5.21. The van der Waals surface area contributed by atoms with Gasteiger partial charge in [-0.1, -0.05) is 35.9 Å². The molecule has 0 atom stereocenters. The second kappa shape index (κ2) is 9.48. The van der Waals surface area contributed by atoms with E-state index in [1.807, 2.05) is 31.2 Å². The van der Waals surface area contributed by atoms with Crippen LogP contribution in [0.5, 0.6) is 5.75 Å². The summed E-state index contributed by atoms with van der Waals surface area (Å²) < 4.78 is 14.0. The van der Waals surface area contributed by atoms with Crippen LogP contribution in [0.15, 0.2) is 61.2 Å². The molecule has 0 aliphatic carbocycles. The largest absolute Gasteiger partial charge is 0.487 e. The minimum atomic E-state index is -0.0917. The normalized spacial score (nSPS) is 10.5. The van der Waals surface area contributed by atoms with Crippen LogP contribution in [-0.2, 0) is 13.2 Å². The number of carbonyl (C=O) groups excluding carboxylic acids is 1. The van der Waals surface area contributed by atoms with Gasteiger partial charge in [0.15, 0.2) is 0 Å². The first-order valence-corrected chi connectivity index (χ1v) is 9.83. The zero-order chi connectivity index (χ0) is 19.9. The van der Waals surface area contributed by atoms with Crippen LogP contribution in [-0.4, -0.2) is 26.1 Å². The lowest BCUT2D eigenvalue weighted by Gasteiger charge is -2.22. The molecule has 3 rings (SSSR count). The number of halogens is 1. The highest BCUT2D eigenvalue weighted by Gasteiger charge is 2.16. The van der Waals surface area contributed by atoms with E-state index in [4.69, 9.17) is 16.3 Å². The van der Waals surface area contributed by atoms with Gasteiger partial charge in [0.05, 0.1) is 17.4 Å². The Morgan fingerprint density at radius 2 is 1.96 bits per heavy atom. The van der Waals surface area contributed by atoms with Crippen molar-refractivity contribution in [1.29, 1.82) is 0 Å². The Balaban J connectivity index is 1.68. The highest BCUT2D eigenvalue weighted by Crippen LogP contribution is 2.20. The van der Waals surface area contributed by atoms with Gasteiger partial charge in [0.1, 0.15) is 18.1 Å². The Bertz CT molecular complexity index is 956. The average molecular weight is 414 g/mol. The van der Waals surface area contributed by atoms with Gasteiger partial charge in [-0.25, -0.2) is 0 Å². The third-order valence-electron chi connectivity index (χ3n) is 4.18. The maximum Gasteiger partial charge on any atom is 0.254 e. The van der Waals surface area contributed by atoms with Gasteiger partial charge < -0.3 is 9.64 Å². The maximum atomic E-state index is 12.9. The van der Waals surface area contributed by atoms with E-state index in [1.54, 1.807) is 35.2 Å². The van der Waals surface area contributed by atoms with E-state index in [-0.39, 0.29) is 5.91 Å². The Morgan fingerprint density at radius 3 is 2.61 bits per heavy atom. The van der Waals surface area contributed by atoms with Gasteiger partial charge in [0.2, 0.25) is 0 Å². The molecule has 1 heterocycles. The number of ether oxygens (including phenoxy) is 1. The predicted octanol–water partition coefficient (Wildman–Crippen LogP) is 4.91. The number of hydrogen-bond donors (Lipinski definition) is 0. The van der Waals surface area contributed by atoms with E-state index in [0.29, 0.717) is 36.0 Å². The van der Waals surface area contributed by atoms with E-state index in [2.05, 4.69) is 15.3 Å². The molecule has 144 valence electrons. The van der Waals surface area contributed by atoms with Crippen LogP contribution in [0.1, 0.15) is 27.3 Å². The molecule has 0 aliphatic heterocycles. The van der Waals surface area contributed by atoms with E-state index >= 15 is 0 Å². The summed E-state index contributed by atoms with van der Waals surface area (Å²) in [6, 6.07) is 14.6. The van der Waals surface area contributed by atoms with Crippen LogP contribution in [0.4, 0.5) is 0 Å².